The summed E-state index contributed by atoms with van der Waals surface area (Å²) >= 11 is 0. The maximum atomic E-state index is 5.20. The van der Waals surface area contributed by atoms with Crippen molar-refractivity contribution < 1.29 is 4.74 Å². The van der Waals surface area contributed by atoms with E-state index in [-0.39, 0.29) is 0 Å². The minimum Gasteiger partial charge on any atom is -0.481 e. The molecule has 0 saturated heterocycles. The number of ether oxygens (including phenoxy) is 1. The third-order valence-electron chi connectivity index (χ3n) is 4.50. The van der Waals surface area contributed by atoms with Crippen LogP contribution in [0.3, 0.4) is 0 Å². The molecule has 0 spiro atoms. The topological polar surface area (TPSA) is 47.4 Å². The molecule has 0 aliphatic heterocycles. The quantitative estimate of drug-likeness (QED) is 0.754. The zero-order valence-electron chi connectivity index (χ0n) is 13.8. The third-order valence-corrected chi connectivity index (χ3v) is 4.50. The maximum Gasteiger partial charge on any atom is 0.215 e. The van der Waals surface area contributed by atoms with E-state index in [1.807, 2.05) is 12.3 Å². The lowest BCUT2D eigenvalue weighted by Gasteiger charge is -2.15. The van der Waals surface area contributed by atoms with Crippen LogP contribution in [0.25, 0.3) is 11.0 Å². The van der Waals surface area contributed by atoms with E-state index in [0.29, 0.717) is 17.7 Å². The molecule has 2 aromatic heterocycles. The minimum atomic E-state index is 0.423. The zero-order valence-corrected chi connectivity index (χ0v) is 13.8. The molecule has 1 aliphatic rings. The predicted octanol–water partition coefficient (Wildman–Crippen LogP) is 4.65. The van der Waals surface area contributed by atoms with Crippen molar-refractivity contribution in [1.29, 1.82) is 0 Å². The van der Waals surface area contributed by atoms with E-state index in [0.717, 1.165) is 23.1 Å². The summed E-state index contributed by atoms with van der Waals surface area (Å²) in [5, 5.41) is 1.08. The molecule has 0 radical (unpaired) electrons. The van der Waals surface area contributed by atoms with Gasteiger partial charge in [-0.25, -0.2) is 4.98 Å². The van der Waals surface area contributed by atoms with Crippen molar-refractivity contribution in [3.63, 3.8) is 0 Å². The standard InChI is InChI=1S/C18H23N3O/c1-5-11(2)17-14-8-9-16(22-4)21-18(14)19-10-15(17)20-12(3)13-6-7-13/h8-11,13H,5-7H2,1-4H3/t11-/m1/s1. The summed E-state index contributed by atoms with van der Waals surface area (Å²) in [6.07, 6.45) is 5.47. The van der Waals surface area contributed by atoms with E-state index >= 15 is 0 Å². The van der Waals surface area contributed by atoms with E-state index < -0.39 is 0 Å². The number of nitrogens with zero attached hydrogens (tertiary/aromatic N) is 3. The second-order valence-corrected chi connectivity index (χ2v) is 6.12. The normalized spacial score (nSPS) is 16.8. The number of hydrogen-bond donors (Lipinski definition) is 0. The highest BCUT2D eigenvalue weighted by atomic mass is 16.5. The average Bonchev–Trinajstić information content (AvgIpc) is 3.38. The molecule has 4 heteroatoms. The molecular weight excluding hydrogens is 274 g/mol. The van der Waals surface area contributed by atoms with Crippen molar-refractivity contribution in [2.45, 2.75) is 46.0 Å². The largest absolute Gasteiger partial charge is 0.481 e. The van der Waals surface area contributed by atoms with Gasteiger partial charge in [-0.3, -0.25) is 4.99 Å². The predicted molar refractivity (Wildman–Crippen MR) is 90.3 cm³/mol. The Morgan fingerprint density at radius 2 is 2.18 bits per heavy atom. The highest BCUT2D eigenvalue weighted by Crippen LogP contribution is 2.37. The van der Waals surface area contributed by atoms with E-state index in [1.165, 1.54) is 24.1 Å². The molecule has 0 amide bonds. The highest BCUT2D eigenvalue weighted by molar-refractivity contribution is 5.91. The zero-order chi connectivity index (χ0) is 15.7. The van der Waals surface area contributed by atoms with E-state index in [2.05, 4.69) is 36.8 Å². The number of aliphatic imine (C=N–C) groups is 1. The van der Waals surface area contributed by atoms with Gasteiger partial charge in [0.2, 0.25) is 5.88 Å². The van der Waals surface area contributed by atoms with E-state index in [9.17, 15) is 0 Å². The van der Waals surface area contributed by atoms with E-state index in [4.69, 9.17) is 9.73 Å². The van der Waals surface area contributed by atoms with Gasteiger partial charge >= 0.3 is 0 Å². The smallest absolute Gasteiger partial charge is 0.215 e. The van der Waals surface area contributed by atoms with Gasteiger partial charge in [0.15, 0.2) is 5.65 Å². The molecule has 22 heavy (non-hydrogen) atoms. The molecule has 3 rings (SSSR count). The van der Waals surface area contributed by atoms with Crippen LogP contribution < -0.4 is 4.74 Å². The molecule has 116 valence electrons. The molecular formula is C18H23N3O. The molecule has 2 aromatic rings. The van der Waals surface area contributed by atoms with Gasteiger partial charge in [-0.05, 0) is 49.7 Å². The first kappa shape index (κ1) is 14.9. The van der Waals surface area contributed by atoms with Crippen LogP contribution in [0.15, 0.2) is 23.3 Å². The Labute approximate surface area is 131 Å². The summed E-state index contributed by atoms with van der Waals surface area (Å²) in [5.74, 6) is 1.70. The van der Waals surface area contributed by atoms with Crippen LogP contribution >= 0.6 is 0 Å². The lowest BCUT2D eigenvalue weighted by Crippen LogP contribution is -2.00. The molecule has 0 aromatic carbocycles. The van der Waals surface area contributed by atoms with E-state index in [1.54, 1.807) is 7.11 Å². The van der Waals surface area contributed by atoms with Crippen molar-refractivity contribution in [3.8, 4) is 5.88 Å². The molecule has 1 aliphatic carbocycles. The van der Waals surface area contributed by atoms with Crippen molar-refractivity contribution in [3.05, 3.63) is 23.9 Å². The Kier molecular flexibility index (Phi) is 4.10. The molecule has 1 atom stereocenters. The third kappa shape index (κ3) is 2.82. The number of hydrogen-bond acceptors (Lipinski definition) is 4. The average molecular weight is 297 g/mol. The van der Waals surface area contributed by atoms with Gasteiger partial charge in [0, 0.05) is 17.2 Å². The fourth-order valence-electron chi connectivity index (χ4n) is 2.78. The van der Waals surface area contributed by atoms with Crippen LogP contribution in [0.1, 0.15) is 51.5 Å². The van der Waals surface area contributed by atoms with Crippen LogP contribution in [0.4, 0.5) is 5.69 Å². The Balaban J connectivity index is 2.16. The SMILES string of the molecule is CC[C@@H](C)c1c(N=C(C)C2CC2)cnc2nc(OC)ccc12. The minimum absolute atomic E-state index is 0.423. The van der Waals surface area contributed by atoms with Gasteiger partial charge in [0.25, 0.3) is 0 Å². The molecule has 2 heterocycles. The Bertz CT molecular complexity index is 720. The molecule has 0 N–H and O–H groups in total. The first-order chi connectivity index (χ1) is 10.6. The van der Waals surface area contributed by atoms with Crippen LogP contribution in [0.2, 0.25) is 0 Å². The maximum absolute atomic E-state index is 5.20. The fraction of sp³-hybridized carbons (Fsp3) is 0.500. The van der Waals surface area contributed by atoms with Crippen LogP contribution in [0, 0.1) is 5.92 Å². The molecule has 4 nitrogen and oxygen atoms in total. The number of aromatic nitrogens is 2. The number of rotatable bonds is 5. The van der Waals surface area contributed by atoms with Crippen molar-refractivity contribution >= 4 is 22.4 Å². The number of pyridine rings is 2. The second kappa shape index (κ2) is 6.03. The van der Waals surface area contributed by atoms with Crippen LogP contribution in [-0.2, 0) is 0 Å². The number of methoxy groups -OCH3 is 1. The lowest BCUT2D eigenvalue weighted by atomic mass is 9.94. The van der Waals surface area contributed by atoms with Gasteiger partial charge in [0.1, 0.15) is 0 Å². The monoisotopic (exact) mass is 297 g/mol. The van der Waals surface area contributed by atoms with Gasteiger partial charge in [-0.15, -0.1) is 0 Å². The Morgan fingerprint density at radius 3 is 2.82 bits per heavy atom. The first-order valence-electron chi connectivity index (χ1n) is 8.02. The fourth-order valence-corrected chi connectivity index (χ4v) is 2.78. The lowest BCUT2D eigenvalue weighted by molar-refractivity contribution is 0.399. The van der Waals surface area contributed by atoms with Crippen molar-refractivity contribution in [2.24, 2.45) is 10.9 Å². The summed E-state index contributed by atoms with van der Waals surface area (Å²) in [5.41, 5.74) is 4.21. The highest BCUT2D eigenvalue weighted by Gasteiger charge is 2.25. The van der Waals surface area contributed by atoms with Gasteiger partial charge in [0.05, 0.1) is 19.0 Å². The van der Waals surface area contributed by atoms with Crippen LogP contribution in [0.5, 0.6) is 5.88 Å². The van der Waals surface area contributed by atoms with Gasteiger partial charge in [-0.1, -0.05) is 13.8 Å². The van der Waals surface area contributed by atoms with Crippen molar-refractivity contribution in [1.82, 2.24) is 9.97 Å². The molecule has 0 bridgehead atoms. The Morgan fingerprint density at radius 1 is 1.41 bits per heavy atom. The number of fused-ring (bicyclic) bond motifs is 1. The summed E-state index contributed by atoms with van der Waals surface area (Å²) in [6.45, 7) is 6.58. The summed E-state index contributed by atoms with van der Waals surface area (Å²) in [4.78, 5) is 13.8. The molecule has 1 fully saturated rings. The van der Waals surface area contributed by atoms with Crippen LogP contribution in [-0.4, -0.2) is 22.8 Å². The first-order valence-corrected chi connectivity index (χ1v) is 8.02. The molecule has 1 saturated carbocycles. The Hall–Kier alpha value is -1.97. The summed E-state index contributed by atoms with van der Waals surface area (Å²) in [6, 6.07) is 3.96. The summed E-state index contributed by atoms with van der Waals surface area (Å²) in [7, 11) is 1.63. The van der Waals surface area contributed by atoms with Crippen molar-refractivity contribution in [2.75, 3.05) is 7.11 Å². The van der Waals surface area contributed by atoms with Gasteiger partial charge < -0.3 is 4.74 Å². The van der Waals surface area contributed by atoms with Gasteiger partial charge in [-0.2, -0.15) is 4.98 Å². The summed E-state index contributed by atoms with van der Waals surface area (Å²) < 4.78 is 5.20. The molecule has 0 unspecified atom stereocenters. The second-order valence-electron chi connectivity index (χ2n) is 6.12.